The van der Waals surface area contributed by atoms with Crippen LogP contribution in [0, 0.1) is 10.3 Å². The SMILES string of the molecule is C/C=C(\C=C/C(C)OC/C(=C\C=C(/C)N1CCCCC1)N=O)NC(=O)C1(C(/C=C\CC/C=N\NC)=C/C)CCNCC1.CC. The number of rotatable bonds is 16. The average molecular weight is 611 g/mol. The Hall–Kier alpha value is -3.30. The number of allylic oxidation sites excluding steroid dienone is 8. The highest BCUT2D eigenvalue weighted by Crippen LogP contribution is 2.38. The van der Waals surface area contributed by atoms with E-state index in [2.05, 4.69) is 56.4 Å². The van der Waals surface area contributed by atoms with Crippen molar-refractivity contribution >= 4 is 12.1 Å². The second-order valence-electron chi connectivity index (χ2n) is 10.8. The lowest BCUT2D eigenvalue weighted by molar-refractivity contribution is -0.129. The smallest absolute Gasteiger partial charge is 0.235 e. The van der Waals surface area contributed by atoms with E-state index in [9.17, 15) is 9.70 Å². The minimum atomic E-state index is -0.602. The second kappa shape index (κ2) is 23.1. The number of piperidine rings is 2. The van der Waals surface area contributed by atoms with Crippen LogP contribution >= 0.6 is 0 Å². The quantitative estimate of drug-likeness (QED) is 0.0578. The number of nitrogens with zero attached hydrogens (tertiary/aromatic N) is 3. The van der Waals surface area contributed by atoms with Crippen molar-refractivity contribution in [3.63, 3.8) is 0 Å². The summed E-state index contributed by atoms with van der Waals surface area (Å²) in [6, 6.07) is 0. The van der Waals surface area contributed by atoms with Gasteiger partial charge >= 0.3 is 0 Å². The van der Waals surface area contributed by atoms with Crippen LogP contribution in [0.2, 0.25) is 0 Å². The third kappa shape index (κ3) is 13.6. The maximum atomic E-state index is 13.8. The monoisotopic (exact) mass is 610 g/mol. The minimum absolute atomic E-state index is 0.00365. The number of ether oxygens (including phenoxy) is 1. The van der Waals surface area contributed by atoms with Gasteiger partial charge in [0.15, 0.2) is 0 Å². The molecule has 0 aliphatic carbocycles. The molecule has 2 saturated heterocycles. The number of hydrogen-bond donors (Lipinski definition) is 3. The summed E-state index contributed by atoms with van der Waals surface area (Å²) >= 11 is 0. The van der Waals surface area contributed by atoms with Crippen LogP contribution in [0.25, 0.3) is 0 Å². The molecule has 1 unspecified atom stereocenters. The number of carbonyl (C=O) groups excluding carboxylic acids is 1. The highest BCUT2D eigenvalue weighted by molar-refractivity contribution is 5.88. The Morgan fingerprint density at radius 3 is 2.36 bits per heavy atom. The molecule has 246 valence electrons. The van der Waals surface area contributed by atoms with Gasteiger partial charge in [0.25, 0.3) is 0 Å². The van der Waals surface area contributed by atoms with E-state index in [4.69, 9.17) is 4.74 Å². The van der Waals surface area contributed by atoms with E-state index in [-0.39, 0.29) is 18.6 Å². The average Bonchev–Trinajstić information content (AvgIpc) is 3.07. The van der Waals surface area contributed by atoms with Crippen LogP contribution < -0.4 is 16.1 Å². The molecule has 2 heterocycles. The number of carbonyl (C=O) groups is 1. The summed E-state index contributed by atoms with van der Waals surface area (Å²) in [5.74, 6) is -0.00365. The van der Waals surface area contributed by atoms with E-state index >= 15 is 0 Å². The van der Waals surface area contributed by atoms with Gasteiger partial charge in [-0.1, -0.05) is 44.2 Å². The van der Waals surface area contributed by atoms with Gasteiger partial charge in [-0.3, -0.25) is 4.79 Å². The highest BCUT2D eigenvalue weighted by atomic mass is 16.5. The van der Waals surface area contributed by atoms with Crippen LogP contribution in [0.1, 0.15) is 86.5 Å². The number of unbranched alkanes of at least 4 members (excludes halogenated alkanes) is 1. The third-order valence-corrected chi connectivity index (χ3v) is 7.83. The molecular formula is C35H58N6O3. The molecular weight excluding hydrogens is 552 g/mol. The van der Waals surface area contributed by atoms with Crippen molar-refractivity contribution in [1.82, 2.24) is 21.0 Å². The van der Waals surface area contributed by atoms with E-state index < -0.39 is 5.41 Å². The summed E-state index contributed by atoms with van der Waals surface area (Å²) in [7, 11) is 1.78. The van der Waals surface area contributed by atoms with Crippen LogP contribution in [0.15, 0.2) is 81.6 Å². The first kappa shape index (κ1) is 38.7. The molecule has 0 aromatic carbocycles. The van der Waals surface area contributed by atoms with Crippen molar-refractivity contribution in [2.75, 3.05) is 39.8 Å². The molecule has 2 aliphatic heterocycles. The lowest BCUT2D eigenvalue weighted by Gasteiger charge is -2.37. The minimum Gasteiger partial charge on any atom is -0.375 e. The van der Waals surface area contributed by atoms with Crippen molar-refractivity contribution in [3.05, 3.63) is 76.2 Å². The molecule has 1 atom stereocenters. The molecule has 1 amide bonds. The normalized spacial score (nSPS) is 19.2. The van der Waals surface area contributed by atoms with E-state index in [1.807, 2.05) is 65.1 Å². The Morgan fingerprint density at radius 1 is 1.05 bits per heavy atom. The molecule has 3 N–H and O–H groups in total. The second-order valence-corrected chi connectivity index (χ2v) is 10.8. The van der Waals surface area contributed by atoms with Gasteiger partial charge in [0.05, 0.1) is 18.1 Å². The Bertz CT molecular complexity index is 1060. The van der Waals surface area contributed by atoms with Crippen molar-refractivity contribution in [2.45, 2.75) is 92.6 Å². The van der Waals surface area contributed by atoms with Gasteiger partial charge < -0.3 is 25.7 Å². The molecule has 0 bridgehead atoms. The molecule has 9 heteroatoms. The van der Waals surface area contributed by atoms with E-state index in [1.165, 1.54) is 19.3 Å². The molecule has 0 spiro atoms. The van der Waals surface area contributed by atoms with E-state index in [0.717, 1.165) is 63.1 Å². The predicted octanol–water partition coefficient (Wildman–Crippen LogP) is 6.89. The number of hydrogen-bond acceptors (Lipinski definition) is 8. The molecule has 0 radical (unpaired) electrons. The molecule has 2 rings (SSSR count). The fourth-order valence-electron chi connectivity index (χ4n) is 5.22. The van der Waals surface area contributed by atoms with Crippen LogP contribution in [-0.4, -0.2) is 63.0 Å². The van der Waals surface area contributed by atoms with Crippen LogP contribution in [0.5, 0.6) is 0 Å². The van der Waals surface area contributed by atoms with Crippen molar-refractivity contribution in [2.24, 2.45) is 15.7 Å². The van der Waals surface area contributed by atoms with Gasteiger partial charge in [-0.25, -0.2) is 0 Å². The molecule has 2 aliphatic rings. The number of amides is 1. The summed E-state index contributed by atoms with van der Waals surface area (Å²) < 4.78 is 5.87. The van der Waals surface area contributed by atoms with E-state index in [1.54, 1.807) is 13.1 Å². The number of nitrogens with one attached hydrogen (secondary N) is 3. The van der Waals surface area contributed by atoms with Gasteiger partial charge in [-0.15, -0.1) is 4.91 Å². The highest BCUT2D eigenvalue weighted by Gasteiger charge is 2.41. The van der Waals surface area contributed by atoms with E-state index in [0.29, 0.717) is 11.4 Å². The van der Waals surface area contributed by atoms with Crippen LogP contribution in [0.3, 0.4) is 0 Å². The topological polar surface area (TPSA) is 107 Å². The lowest BCUT2D eigenvalue weighted by atomic mass is 9.71. The fourth-order valence-corrected chi connectivity index (χ4v) is 5.22. The number of likely N-dealkylation sites (tertiary alicyclic amines) is 1. The summed E-state index contributed by atoms with van der Waals surface area (Å²) in [6.45, 7) is 15.7. The first-order chi connectivity index (χ1) is 21.4. The fraction of sp³-hybridized carbons (Fsp3) is 0.600. The molecule has 44 heavy (non-hydrogen) atoms. The summed E-state index contributed by atoms with van der Waals surface area (Å²) in [5, 5.41) is 13.7. The molecule has 9 nitrogen and oxygen atoms in total. The Morgan fingerprint density at radius 2 is 1.75 bits per heavy atom. The molecule has 0 aromatic heterocycles. The summed E-state index contributed by atoms with van der Waals surface area (Å²) in [4.78, 5) is 27.5. The first-order valence-electron chi connectivity index (χ1n) is 16.4. The van der Waals surface area contributed by atoms with Crippen molar-refractivity contribution in [3.8, 4) is 0 Å². The maximum absolute atomic E-state index is 13.8. The Balaban J connectivity index is 0.00000474. The largest absolute Gasteiger partial charge is 0.375 e. The van der Waals surface area contributed by atoms with Gasteiger partial charge in [-0.2, -0.15) is 5.10 Å². The third-order valence-electron chi connectivity index (χ3n) is 7.83. The predicted molar refractivity (Wildman–Crippen MR) is 185 cm³/mol. The number of nitroso groups, excluding NO2 is 1. The van der Waals surface area contributed by atoms with Gasteiger partial charge in [0.2, 0.25) is 5.91 Å². The zero-order chi connectivity index (χ0) is 32.6. The molecule has 2 fully saturated rings. The molecule has 0 saturated carbocycles. The zero-order valence-corrected chi connectivity index (χ0v) is 28.3. The van der Waals surface area contributed by atoms with Crippen molar-refractivity contribution in [1.29, 1.82) is 0 Å². The standard InChI is InChI=1S/C33H52N6O3.C2H6/c1-6-29(14-10-8-11-21-36-34-5)33(19-22-35-23-20-33)32(40)37-30(7-2)18-16-28(4)42-26-31(38-41)17-15-27(3)39-24-12-9-13-25-39;1-2/h6-7,10,14-18,21,28,34-35H,8-9,11-13,19-20,22-26H2,1-5H3,(H,37,40);1-2H3/b14-10-,18-16-,27-15+,29-6+,30-7+,31-17+,36-21-;. The zero-order valence-electron chi connectivity index (χ0n) is 28.3. The Labute approximate surface area is 266 Å². The first-order valence-corrected chi connectivity index (χ1v) is 16.4. The Kier molecular flexibility index (Phi) is 20.4. The van der Waals surface area contributed by atoms with Crippen molar-refractivity contribution < 1.29 is 9.53 Å². The van der Waals surface area contributed by atoms with Crippen LogP contribution in [0.4, 0.5) is 0 Å². The molecule has 0 aromatic rings. The maximum Gasteiger partial charge on any atom is 0.235 e. The van der Waals surface area contributed by atoms with Gasteiger partial charge in [0.1, 0.15) is 5.70 Å². The summed E-state index contributed by atoms with van der Waals surface area (Å²) in [5.41, 5.74) is 5.39. The lowest BCUT2D eigenvalue weighted by Crippen LogP contribution is -2.48. The van der Waals surface area contributed by atoms with Crippen LogP contribution in [-0.2, 0) is 9.53 Å². The number of hydrazone groups is 1. The van der Waals surface area contributed by atoms with Gasteiger partial charge in [-0.05, 0) is 115 Å². The summed E-state index contributed by atoms with van der Waals surface area (Å²) in [6.07, 6.45) is 24.0. The van der Waals surface area contributed by atoms with Gasteiger partial charge in [0, 0.05) is 37.7 Å².